The molecule has 0 aromatic heterocycles. The molecule has 1 amide bonds. The van der Waals surface area contributed by atoms with E-state index in [0.29, 0.717) is 5.91 Å². The minimum absolute atomic E-state index is 0.348. The van der Waals surface area contributed by atoms with Gasteiger partial charge in [0.2, 0.25) is 5.91 Å². The van der Waals surface area contributed by atoms with Crippen molar-refractivity contribution in [2.24, 2.45) is 0 Å². The maximum atomic E-state index is 12.2. The molecular formula is C19H30N2O. The summed E-state index contributed by atoms with van der Waals surface area (Å²) in [7, 11) is 0. The topological polar surface area (TPSA) is 23.6 Å². The van der Waals surface area contributed by atoms with Crippen molar-refractivity contribution >= 4 is 11.6 Å². The Morgan fingerprint density at radius 2 is 1.77 bits per heavy atom. The summed E-state index contributed by atoms with van der Waals surface area (Å²) in [6.07, 6.45) is 6.80. The molecule has 0 spiro atoms. The van der Waals surface area contributed by atoms with E-state index in [-0.39, 0.29) is 0 Å². The summed E-state index contributed by atoms with van der Waals surface area (Å²) in [5.74, 6) is 0.348. The number of hydrogen-bond acceptors (Lipinski definition) is 2. The molecule has 2 rings (SSSR count). The molecule has 1 aromatic carbocycles. The number of aryl methyl sites for hydroxylation is 1. The molecule has 3 nitrogen and oxygen atoms in total. The largest absolute Gasteiger partial charge is 0.368 e. The van der Waals surface area contributed by atoms with Crippen LogP contribution in [0.5, 0.6) is 0 Å². The molecule has 3 heteroatoms. The molecule has 0 N–H and O–H groups in total. The third kappa shape index (κ3) is 5.04. The van der Waals surface area contributed by atoms with Crippen molar-refractivity contribution in [3.63, 3.8) is 0 Å². The lowest BCUT2D eigenvalue weighted by molar-refractivity contribution is -0.131. The van der Waals surface area contributed by atoms with Gasteiger partial charge >= 0.3 is 0 Å². The Morgan fingerprint density at radius 3 is 2.45 bits per heavy atom. The minimum atomic E-state index is 0.348. The molecule has 0 aliphatic carbocycles. The Kier molecular flexibility index (Phi) is 6.75. The SMILES string of the molecule is CCCCCCCC(=O)N1CCN(c2cccc(C)c2)CC1. The van der Waals surface area contributed by atoms with Gasteiger partial charge in [-0.25, -0.2) is 0 Å². The fourth-order valence-corrected chi connectivity index (χ4v) is 3.08. The smallest absolute Gasteiger partial charge is 0.222 e. The van der Waals surface area contributed by atoms with Crippen molar-refractivity contribution in [1.29, 1.82) is 0 Å². The van der Waals surface area contributed by atoms with E-state index in [1.807, 2.05) is 4.90 Å². The molecule has 0 radical (unpaired) electrons. The summed E-state index contributed by atoms with van der Waals surface area (Å²) < 4.78 is 0. The molecule has 122 valence electrons. The lowest BCUT2D eigenvalue weighted by Gasteiger charge is -2.36. The van der Waals surface area contributed by atoms with Gasteiger partial charge < -0.3 is 9.80 Å². The van der Waals surface area contributed by atoms with Crippen LogP contribution in [0.15, 0.2) is 24.3 Å². The Morgan fingerprint density at radius 1 is 1.05 bits per heavy atom. The van der Waals surface area contributed by atoms with Crippen LogP contribution in [0.25, 0.3) is 0 Å². The number of hydrogen-bond donors (Lipinski definition) is 0. The van der Waals surface area contributed by atoms with Crippen LogP contribution >= 0.6 is 0 Å². The third-order valence-corrected chi connectivity index (χ3v) is 4.49. The highest BCUT2D eigenvalue weighted by Gasteiger charge is 2.20. The van der Waals surface area contributed by atoms with Gasteiger partial charge in [-0.3, -0.25) is 4.79 Å². The van der Waals surface area contributed by atoms with Crippen LogP contribution in [0.4, 0.5) is 5.69 Å². The van der Waals surface area contributed by atoms with Crippen molar-refractivity contribution in [3.8, 4) is 0 Å². The van der Waals surface area contributed by atoms with Gasteiger partial charge in [-0.1, -0.05) is 44.7 Å². The lowest BCUT2D eigenvalue weighted by atomic mass is 10.1. The second kappa shape index (κ2) is 8.82. The van der Waals surface area contributed by atoms with Crippen LogP contribution in [0.3, 0.4) is 0 Å². The Hall–Kier alpha value is -1.51. The van der Waals surface area contributed by atoms with E-state index in [1.54, 1.807) is 0 Å². The molecule has 22 heavy (non-hydrogen) atoms. The van der Waals surface area contributed by atoms with Crippen LogP contribution in [0, 0.1) is 6.92 Å². The van der Waals surface area contributed by atoms with Crippen LogP contribution in [-0.2, 0) is 4.79 Å². The van der Waals surface area contributed by atoms with Crippen molar-refractivity contribution in [2.75, 3.05) is 31.1 Å². The van der Waals surface area contributed by atoms with Gasteiger partial charge in [0.15, 0.2) is 0 Å². The molecule has 1 fully saturated rings. The minimum Gasteiger partial charge on any atom is -0.368 e. The van der Waals surface area contributed by atoms with Crippen molar-refractivity contribution in [1.82, 2.24) is 4.90 Å². The monoisotopic (exact) mass is 302 g/mol. The summed E-state index contributed by atoms with van der Waals surface area (Å²) in [5.41, 5.74) is 2.58. The number of anilines is 1. The van der Waals surface area contributed by atoms with E-state index < -0.39 is 0 Å². The molecule has 1 aromatic rings. The first kappa shape index (κ1) is 16.9. The van der Waals surface area contributed by atoms with Crippen molar-refractivity contribution in [3.05, 3.63) is 29.8 Å². The molecule has 1 aliphatic heterocycles. The number of carbonyl (C=O) groups excluding carboxylic acids is 1. The van der Waals surface area contributed by atoms with Crippen LogP contribution in [-0.4, -0.2) is 37.0 Å². The van der Waals surface area contributed by atoms with Crippen molar-refractivity contribution in [2.45, 2.75) is 52.4 Å². The first-order valence-electron chi connectivity index (χ1n) is 8.80. The van der Waals surface area contributed by atoms with E-state index in [2.05, 4.69) is 43.0 Å². The molecule has 0 unspecified atom stereocenters. The highest BCUT2D eigenvalue weighted by atomic mass is 16.2. The van der Waals surface area contributed by atoms with Crippen LogP contribution in [0.1, 0.15) is 51.0 Å². The highest BCUT2D eigenvalue weighted by molar-refractivity contribution is 5.76. The molecule has 1 heterocycles. The second-order valence-corrected chi connectivity index (χ2v) is 6.37. The van der Waals surface area contributed by atoms with Gasteiger partial charge in [0, 0.05) is 38.3 Å². The molecule has 1 saturated heterocycles. The fourth-order valence-electron chi connectivity index (χ4n) is 3.08. The molecule has 0 bridgehead atoms. The lowest BCUT2D eigenvalue weighted by Crippen LogP contribution is -2.48. The summed E-state index contributed by atoms with van der Waals surface area (Å²) in [4.78, 5) is 16.7. The first-order chi connectivity index (χ1) is 10.7. The molecular weight excluding hydrogens is 272 g/mol. The van der Waals surface area contributed by atoms with Gasteiger partial charge in [0.1, 0.15) is 0 Å². The Balaban J connectivity index is 1.71. The maximum absolute atomic E-state index is 12.2. The normalized spacial score (nSPS) is 15.2. The quantitative estimate of drug-likeness (QED) is 0.711. The van der Waals surface area contributed by atoms with Crippen LogP contribution in [0.2, 0.25) is 0 Å². The summed E-state index contributed by atoms with van der Waals surface area (Å²) >= 11 is 0. The third-order valence-electron chi connectivity index (χ3n) is 4.49. The summed E-state index contributed by atoms with van der Waals surface area (Å²) in [6.45, 7) is 7.97. The number of carbonyl (C=O) groups is 1. The number of piperazine rings is 1. The van der Waals surface area contributed by atoms with E-state index in [4.69, 9.17) is 0 Å². The molecule has 1 aliphatic rings. The standard InChI is InChI=1S/C19H30N2O/c1-3-4-5-6-7-11-19(22)21-14-12-20(13-15-21)18-10-8-9-17(2)16-18/h8-10,16H,3-7,11-15H2,1-2H3. The van der Waals surface area contributed by atoms with E-state index in [1.165, 1.54) is 36.9 Å². The van der Waals surface area contributed by atoms with Gasteiger partial charge in [-0.05, 0) is 31.0 Å². The summed E-state index contributed by atoms with van der Waals surface area (Å²) in [5, 5.41) is 0. The number of benzene rings is 1. The Labute approximate surface area is 135 Å². The average Bonchev–Trinajstić information content (AvgIpc) is 2.54. The summed E-state index contributed by atoms with van der Waals surface area (Å²) in [6, 6.07) is 8.63. The van der Waals surface area contributed by atoms with E-state index in [9.17, 15) is 4.79 Å². The molecule has 0 saturated carbocycles. The number of amides is 1. The fraction of sp³-hybridized carbons (Fsp3) is 0.632. The van der Waals surface area contributed by atoms with E-state index >= 15 is 0 Å². The second-order valence-electron chi connectivity index (χ2n) is 6.37. The number of unbranched alkanes of at least 4 members (excludes halogenated alkanes) is 4. The van der Waals surface area contributed by atoms with E-state index in [0.717, 1.165) is 39.0 Å². The van der Waals surface area contributed by atoms with Crippen molar-refractivity contribution < 1.29 is 4.79 Å². The van der Waals surface area contributed by atoms with Gasteiger partial charge in [-0.15, -0.1) is 0 Å². The Bertz CT molecular complexity index is 464. The van der Waals surface area contributed by atoms with Gasteiger partial charge in [-0.2, -0.15) is 0 Å². The average molecular weight is 302 g/mol. The number of nitrogens with zero attached hydrogens (tertiary/aromatic N) is 2. The molecule has 0 atom stereocenters. The van der Waals surface area contributed by atoms with Crippen LogP contribution < -0.4 is 4.90 Å². The zero-order valence-electron chi connectivity index (χ0n) is 14.2. The predicted octanol–water partition coefficient (Wildman–Crippen LogP) is 4.00. The zero-order valence-corrected chi connectivity index (χ0v) is 14.2. The zero-order chi connectivity index (χ0) is 15.8. The van der Waals surface area contributed by atoms with Gasteiger partial charge in [0.25, 0.3) is 0 Å². The predicted molar refractivity (Wildman–Crippen MR) is 93.3 cm³/mol. The maximum Gasteiger partial charge on any atom is 0.222 e. The first-order valence-corrected chi connectivity index (χ1v) is 8.80. The van der Waals surface area contributed by atoms with Gasteiger partial charge in [0.05, 0.1) is 0 Å². The number of rotatable bonds is 7. The highest BCUT2D eigenvalue weighted by Crippen LogP contribution is 2.18.